The Kier molecular flexibility index (Phi) is 13.2. The third-order valence-electron chi connectivity index (χ3n) is 2.76. The maximum atomic E-state index is 10.3. The van der Waals surface area contributed by atoms with Crippen LogP contribution >= 0.6 is 0 Å². The molecule has 2 N–H and O–H groups in total. The molecule has 0 aliphatic rings. The van der Waals surface area contributed by atoms with Gasteiger partial charge in [0, 0.05) is 6.54 Å². The maximum Gasteiger partial charge on any atom is 0.231 e. The van der Waals surface area contributed by atoms with E-state index in [9.17, 15) is 4.21 Å². The number of rotatable bonds is 12. The lowest BCUT2D eigenvalue weighted by molar-refractivity contribution is 0.535. The SMILES string of the molecule is CCCCCCCCCCCCNS(=O)O. The first-order valence-corrected chi connectivity index (χ1v) is 7.72. The molecule has 0 aromatic heterocycles. The molecule has 0 fully saturated rings. The number of hydrogen-bond donors (Lipinski definition) is 2. The Balaban J connectivity index is 2.90. The minimum atomic E-state index is -1.83. The van der Waals surface area contributed by atoms with E-state index in [0.717, 1.165) is 6.42 Å². The van der Waals surface area contributed by atoms with Gasteiger partial charge in [-0.3, -0.25) is 4.55 Å². The van der Waals surface area contributed by atoms with Crippen LogP contribution in [0.15, 0.2) is 0 Å². The number of nitrogens with one attached hydrogen (secondary N) is 1. The predicted octanol–water partition coefficient (Wildman–Crippen LogP) is 3.63. The second kappa shape index (κ2) is 13.1. The minimum Gasteiger partial charge on any atom is -0.294 e. The van der Waals surface area contributed by atoms with Crippen LogP contribution in [0.4, 0.5) is 0 Å². The van der Waals surface area contributed by atoms with Gasteiger partial charge >= 0.3 is 0 Å². The molecule has 1 atom stereocenters. The maximum absolute atomic E-state index is 10.3. The van der Waals surface area contributed by atoms with Crippen LogP contribution in [0.3, 0.4) is 0 Å². The van der Waals surface area contributed by atoms with E-state index in [1.807, 2.05) is 0 Å². The number of hydrogen-bond acceptors (Lipinski definition) is 1. The molecule has 0 aliphatic heterocycles. The van der Waals surface area contributed by atoms with Crippen molar-refractivity contribution >= 4 is 11.3 Å². The second-order valence-corrected chi connectivity index (χ2v) is 5.11. The Morgan fingerprint density at radius 3 is 1.75 bits per heavy atom. The summed E-state index contributed by atoms with van der Waals surface area (Å²) < 4.78 is 21.2. The zero-order chi connectivity index (χ0) is 12.1. The van der Waals surface area contributed by atoms with E-state index in [-0.39, 0.29) is 0 Å². The molecule has 98 valence electrons. The van der Waals surface area contributed by atoms with E-state index in [0.29, 0.717) is 6.54 Å². The number of unbranched alkanes of at least 4 members (excludes halogenated alkanes) is 9. The van der Waals surface area contributed by atoms with Gasteiger partial charge in [0.05, 0.1) is 0 Å². The van der Waals surface area contributed by atoms with E-state index < -0.39 is 11.3 Å². The van der Waals surface area contributed by atoms with E-state index in [4.69, 9.17) is 4.55 Å². The lowest BCUT2D eigenvalue weighted by atomic mass is 10.1. The van der Waals surface area contributed by atoms with Crippen LogP contribution in [0.5, 0.6) is 0 Å². The van der Waals surface area contributed by atoms with Crippen molar-refractivity contribution in [3.8, 4) is 0 Å². The Morgan fingerprint density at radius 2 is 1.31 bits per heavy atom. The van der Waals surface area contributed by atoms with Crippen molar-refractivity contribution in [3.05, 3.63) is 0 Å². The third kappa shape index (κ3) is 14.1. The Bertz CT molecular complexity index is 165. The average molecular weight is 249 g/mol. The van der Waals surface area contributed by atoms with Gasteiger partial charge in [0.2, 0.25) is 11.3 Å². The van der Waals surface area contributed by atoms with Crippen molar-refractivity contribution in [2.45, 2.75) is 71.1 Å². The average Bonchev–Trinajstić information content (AvgIpc) is 2.25. The van der Waals surface area contributed by atoms with Crippen molar-refractivity contribution in [1.82, 2.24) is 4.72 Å². The summed E-state index contributed by atoms with van der Waals surface area (Å²) in [4.78, 5) is 0. The molecule has 16 heavy (non-hydrogen) atoms. The highest BCUT2D eigenvalue weighted by Crippen LogP contribution is 2.10. The molecule has 0 bridgehead atoms. The van der Waals surface area contributed by atoms with Crippen molar-refractivity contribution < 1.29 is 8.76 Å². The molecule has 0 aliphatic carbocycles. The van der Waals surface area contributed by atoms with Crippen LogP contribution < -0.4 is 4.72 Å². The summed E-state index contributed by atoms with van der Waals surface area (Å²) in [6.45, 7) is 2.90. The zero-order valence-corrected chi connectivity index (χ0v) is 11.4. The summed E-state index contributed by atoms with van der Waals surface area (Å²) in [5.74, 6) is 0. The minimum absolute atomic E-state index is 0.652. The molecule has 1 unspecified atom stereocenters. The molecule has 0 saturated heterocycles. The van der Waals surface area contributed by atoms with Crippen LogP contribution in [0, 0.1) is 0 Å². The van der Waals surface area contributed by atoms with Gasteiger partial charge in [0.15, 0.2) is 0 Å². The fourth-order valence-electron chi connectivity index (χ4n) is 1.77. The van der Waals surface area contributed by atoms with E-state index in [2.05, 4.69) is 11.6 Å². The van der Waals surface area contributed by atoms with E-state index >= 15 is 0 Å². The standard InChI is InChI=1S/C12H27NO2S/c1-2-3-4-5-6-7-8-9-10-11-12-13-16(14)15/h13H,2-12H2,1H3,(H,14,15). The van der Waals surface area contributed by atoms with Gasteiger partial charge in [-0.05, 0) is 6.42 Å². The summed E-state index contributed by atoms with van der Waals surface area (Å²) in [6.07, 6.45) is 12.9. The molecule has 0 saturated carbocycles. The van der Waals surface area contributed by atoms with E-state index in [1.54, 1.807) is 0 Å². The monoisotopic (exact) mass is 249 g/mol. The topological polar surface area (TPSA) is 49.3 Å². The first-order valence-electron chi connectivity index (χ1n) is 6.61. The lowest BCUT2D eigenvalue weighted by Crippen LogP contribution is -2.17. The second-order valence-electron chi connectivity index (χ2n) is 4.33. The quantitative estimate of drug-likeness (QED) is 0.410. The molecular weight excluding hydrogens is 222 g/mol. The molecule has 0 aromatic carbocycles. The Hall–Kier alpha value is 0.0700. The van der Waals surface area contributed by atoms with Crippen LogP contribution in [0.25, 0.3) is 0 Å². The summed E-state index contributed by atoms with van der Waals surface area (Å²) in [5, 5.41) is 0. The zero-order valence-electron chi connectivity index (χ0n) is 10.5. The molecule has 0 rings (SSSR count). The van der Waals surface area contributed by atoms with Gasteiger partial charge < -0.3 is 0 Å². The molecule has 0 amide bonds. The van der Waals surface area contributed by atoms with Crippen LogP contribution in [0.1, 0.15) is 71.1 Å². The molecule has 0 heterocycles. The lowest BCUT2D eigenvalue weighted by Gasteiger charge is -2.02. The molecule has 0 radical (unpaired) electrons. The highest BCUT2D eigenvalue weighted by Gasteiger charge is 1.93. The van der Waals surface area contributed by atoms with Crippen molar-refractivity contribution in [2.75, 3.05) is 6.54 Å². The van der Waals surface area contributed by atoms with E-state index in [1.165, 1.54) is 57.8 Å². The van der Waals surface area contributed by atoms with Crippen LogP contribution in [-0.4, -0.2) is 15.3 Å². The predicted molar refractivity (Wildman–Crippen MR) is 70.6 cm³/mol. The van der Waals surface area contributed by atoms with Gasteiger partial charge in [-0.2, -0.15) is 0 Å². The molecule has 0 spiro atoms. The normalized spacial score (nSPS) is 12.9. The molecule has 4 heteroatoms. The van der Waals surface area contributed by atoms with Crippen molar-refractivity contribution in [3.63, 3.8) is 0 Å². The summed E-state index contributed by atoms with van der Waals surface area (Å²) in [5.41, 5.74) is 0. The van der Waals surface area contributed by atoms with Crippen molar-refractivity contribution in [1.29, 1.82) is 0 Å². The van der Waals surface area contributed by atoms with Crippen LogP contribution in [-0.2, 0) is 11.3 Å². The smallest absolute Gasteiger partial charge is 0.231 e. The van der Waals surface area contributed by atoms with Gasteiger partial charge in [0.1, 0.15) is 0 Å². The van der Waals surface area contributed by atoms with Gasteiger partial charge in [-0.15, -0.1) is 0 Å². The fraction of sp³-hybridized carbons (Fsp3) is 1.00. The highest BCUT2D eigenvalue weighted by atomic mass is 32.2. The van der Waals surface area contributed by atoms with Gasteiger partial charge in [-0.1, -0.05) is 64.7 Å². The molecule has 3 nitrogen and oxygen atoms in total. The highest BCUT2D eigenvalue weighted by molar-refractivity contribution is 7.77. The first kappa shape index (κ1) is 16.1. The summed E-state index contributed by atoms with van der Waals surface area (Å²) in [7, 11) is 0. The molecular formula is C12H27NO2S. The van der Waals surface area contributed by atoms with Gasteiger partial charge in [0.25, 0.3) is 0 Å². The summed E-state index contributed by atoms with van der Waals surface area (Å²) >= 11 is -1.83. The van der Waals surface area contributed by atoms with Crippen LogP contribution in [0.2, 0.25) is 0 Å². The first-order chi connectivity index (χ1) is 7.77. The molecule has 0 aromatic rings. The van der Waals surface area contributed by atoms with Gasteiger partial charge in [-0.25, -0.2) is 8.93 Å². The largest absolute Gasteiger partial charge is 0.294 e. The van der Waals surface area contributed by atoms with Crippen molar-refractivity contribution in [2.24, 2.45) is 0 Å². The fourth-order valence-corrected chi connectivity index (χ4v) is 2.09. The Morgan fingerprint density at radius 1 is 0.875 bits per heavy atom. The third-order valence-corrected chi connectivity index (χ3v) is 3.21. The Labute approximate surface area is 103 Å². The summed E-state index contributed by atoms with van der Waals surface area (Å²) in [6, 6.07) is 0.